The maximum Gasteiger partial charge on any atom is 0.410 e. The fourth-order valence-electron chi connectivity index (χ4n) is 3.19. The normalized spacial score (nSPS) is 19.4. The number of benzene rings is 1. The quantitative estimate of drug-likeness (QED) is 0.779. The Labute approximate surface area is 167 Å². The van der Waals surface area contributed by atoms with Gasteiger partial charge in [0.1, 0.15) is 5.60 Å². The van der Waals surface area contributed by atoms with Crippen LogP contribution in [0.25, 0.3) is 0 Å². The van der Waals surface area contributed by atoms with Gasteiger partial charge in [-0.15, -0.1) is 0 Å². The molecule has 1 fully saturated rings. The van der Waals surface area contributed by atoms with Crippen LogP contribution < -0.4 is 10.2 Å². The number of likely N-dealkylation sites (tertiary alicyclic amines) is 1. The van der Waals surface area contributed by atoms with Crippen molar-refractivity contribution in [2.45, 2.75) is 45.8 Å². The zero-order valence-electron chi connectivity index (χ0n) is 17.6. The van der Waals surface area contributed by atoms with Gasteiger partial charge in [0.2, 0.25) is 0 Å². The van der Waals surface area contributed by atoms with Crippen molar-refractivity contribution >= 4 is 17.7 Å². The summed E-state index contributed by atoms with van der Waals surface area (Å²) in [4.78, 5) is 28.2. The SMILES string of the molecule is CCCN(C)c1ccc(C(=O)NC[C@H]2CN(C(=O)OC(C)(C)C)C[C@@H]2O)cc1. The first-order valence-electron chi connectivity index (χ1n) is 9.86. The Morgan fingerprint density at radius 2 is 1.89 bits per heavy atom. The molecule has 0 unspecified atom stereocenters. The molecule has 0 bridgehead atoms. The van der Waals surface area contributed by atoms with Gasteiger partial charge in [-0.1, -0.05) is 6.92 Å². The summed E-state index contributed by atoms with van der Waals surface area (Å²) >= 11 is 0. The van der Waals surface area contributed by atoms with Crippen LogP contribution in [0.15, 0.2) is 24.3 Å². The van der Waals surface area contributed by atoms with E-state index in [4.69, 9.17) is 4.74 Å². The van der Waals surface area contributed by atoms with Gasteiger partial charge in [0, 0.05) is 43.9 Å². The minimum Gasteiger partial charge on any atom is -0.444 e. The molecule has 0 aliphatic carbocycles. The number of hydrogen-bond donors (Lipinski definition) is 2. The van der Waals surface area contributed by atoms with E-state index >= 15 is 0 Å². The Kier molecular flexibility index (Phi) is 7.29. The topological polar surface area (TPSA) is 82.1 Å². The molecule has 1 aliphatic rings. The molecule has 1 aromatic rings. The van der Waals surface area contributed by atoms with Gasteiger partial charge in [0.25, 0.3) is 5.91 Å². The number of carbonyl (C=O) groups is 2. The Morgan fingerprint density at radius 1 is 1.25 bits per heavy atom. The van der Waals surface area contributed by atoms with Crippen LogP contribution in [-0.2, 0) is 4.74 Å². The van der Waals surface area contributed by atoms with E-state index in [2.05, 4.69) is 17.1 Å². The van der Waals surface area contributed by atoms with Crippen molar-refractivity contribution in [2.24, 2.45) is 5.92 Å². The second-order valence-electron chi connectivity index (χ2n) is 8.39. The highest BCUT2D eigenvalue weighted by Gasteiger charge is 2.36. The molecule has 2 amide bonds. The molecule has 7 nitrogen and oxygen atoms in total. The molecule has 0 aromatic heterocycles. The van der Waals surface area contributed by atoms with E-state index in [0.29, 0.717) is 18.7 Å². The summed E-state index contributed by atoms with van der Waals surface area (Å²) in [6, 6.07) is 7.46. The standard InChI is InChI=1S/C21H33N3O4/c1-6-11-23(5)17-9-7-15(8-10-17)19(26)22-12-16-13-24(14-18(16)25)20(27)28-21(2,3)4/h7-10,16,18,25H,6,11-14H2,1-5H3,(H,22,26)/t16-,18-/m0/s1. The van der Waals surface area contributed by atoms with Crippen molar-refractivity contribution in [3.63, 3.8) is 0 Å². The number of nitrogens with one attached hydrogen (secondary N) is 1. The Hall–Kier alpha value is -2.28. The third-order valence-electron chi connectivity index (χ3n) is 4.71. The highest BCUT2D eigenvalue weighted by atomic mass is 16.6. The van der Waals surface area contributed by atoms with E-state index < -0.39 is 17.8 Å². The molecule has 0 saturated carbocycles. The van der Waals surface area contributed by atoms with Crippen LogP contribution in [0.4, 0.5) is 10.5 Å². The number of nitrogens with zero attached hydrogens (tertiary/aromatic N) is 2. The minimum absolute atomic E-state index is 0.187. The first-order chi connectivity index (χ1) is 13.1. The van der Waals surface area contributed by atoms with Crippen molar-refractivity contribution in [2.75, 3.05) is 38.1 Å². The predicted octanol–water partition coefficient (Wildman–Crippen LogP) is 2.49. The van der Waals surface area contributed by atoms with Crippen molar-refractivity contribution in [1.29, 1.82) is 0 Å². The highest BCUT2D eigenvalue weighted by Crippen LogP contribution is 2.20. The molecule has 2 atom stereocenters. The number of rotatable bonds is 6. The lowest BCUT2D eigenvalue weighted by Crippen LogP contribution is -2.36. The van der Waals surface area contributed by atoms with Crippen molar-refractivity contribution in [1.82, 2.24) is 10.2 Å². The molecule has 1 saturated heterocycles. The lowest BCUT2D eigenvalue weighted by atomic mass is 10.1. The van der Waals surface area contributed by atoms with Gasteiger partial charge in [-0.25, -0.2) is 4.79 Å². The van der Waals surface area contributed by atoms with Gasteiger partial charge in [0.05, 0.1) is 12.6 Å². The Morgan fingerprint density at radius 3 is 2.46 bits per heavy atom. The van der Waals surface area contributed by atoms with E-state index in [-0.39, 0.29) is 18.4 Å². The summed E-state index contributed by atoms with van der Waals surface area (Å²) < 4.78 is 5.35. The van der Waals surface area contributed by atoms with Gasteiger partial charge in [-0.3, -0.25) is 4.79 Å². The first-order valence-corrected chi connectivity index (χ1v) is 9.86. The average Bonchev–Trinajstić information content (AvgIpc) is 2.99. The van der Waals surface area contributed by atoms with Crippen molar-refractivity contribution < 1.29 is 19.4 Å². The zero-order valence-corrected chi connectivity index (χ0v) is 17.6. The number of β-amino-alcohol motifs (C(OH)–C–C–N with tert-alkyl or cyclic N) is 1. The lowest BCUT2D eigenvalue weighted by Gasteiger charge is -2.24. The summed E-state index contributed by atoms with van der Waals surface area (Å²) in [7, 11) is 2.02. The van der Waals surface area contributed by atoms with Crippen LogP contribution in [0.3, 0.4) is 0 Å². The summed E-state index contributed by atoms with van der Waals surface area (Å²) in [6.45, 7) is 9.38. The van der Waals surface area contributed by atoms with E-state index in [1.165, 1.54) is 4.90 Å². The summed E-state index contributed by atoms with van der Waals surface area (Å²) in [5, 5.41) is 13.1. The van der Waals surface area contributed by atoms with E-state index in [0.717, 1.165) is 18.7 Å². The Bertz CT molecular complexity index is 669. The van der Waals surface area contributed by atoms with Gasteiger partial charge >= 0.3 is 6.09 Å². The third kappa shape index (κ3) is 6.12. The van der Waals surface area contributed by atoms with Crippen LogP contribution >= 0.6 is 0 Å². The maximum absolute atomic E-state index is 12.4. The molecule has 0 spiro atoms. The monoisotopic (exact) mass is 391 g/mol. The van der Waals surface area contributed by atoms with Crippen LogP contribution in [0, 0.1) is 5.92 Å². The predicted molar refractivity (Wildman–Crippen MR) is 110 cm³/mol. The van der Waals surface area contributed by atoms with E-state index in [1.54, 1.807) is 32.9 Å². The number of carbonyl (C=O) groups excluding carboxylic acids is 2. The first kappa shape index (κ1) is 22.0. The van der Waals surface area contributed by atoms with E-state index in [9.17, 15) is 14.7 Å². The van der Waals surface area contributed by atoms with Crippen LogP contribution in [0.1, 0.15) is 44.5 Å². The molecule has 1 heterocycles. The molecule has 1 aromatic carbocycles. The molecule has 0 radical (unpaired) electrons. The van der Waals surface area contributed by atoms with Crippen LogP contribution in [-0.4, -0.2) is 66.9 Å². The minimum atomic E-state index is -0.683. The third-order valence-corrected chi connectivity index (χ3v) is 4.71. The fraction of sp³-hybridized carbons (Fsp3) is 0.619. The number of ether oxygens (including phenoxy) is 1. The van der Waals surface area contributed by atoms with Gasteiger partial charge < -0.3 is 25.0 Å². The Balaban J connectivity index is 1.86. The van der Waals surface area contributed by atoms with Crippen LogP contribution in [0.5, 0.6) is 0 Å². The van der Waals surface area contributed by atoms with Gasteiger partial charge in [0.15, 0.2) is 0 Å². The molecule has 2 N–H and O–H groups in total. The second kappa shape index (κ2) is 9.28. The smallest absolute Gasteiger partial charge is 0.410 e. The largest absolute Gasteiger partial charge is 0.444 e. The number of hydrogen-bond acceptors (Lipinski definition) is 5. The van der Waals surface area contributed by atoms with Crippen molar-refractivity contribution in [3.05, 3.63) is 29.8 Å². The molecule has 1 aliphatic heterocycles. The lowest BCUT2D eigenvalue weighted by molar-refractivity contribution is 0.0269. The molecule has 156 valence electrons. The summed E-state index contributed by atoms with van der Waals surface area (Å²) in [5.41, 5.74) is 1.06. The van der Waals surface area contributed by atoms with Gasteiger partial charge in [-0.05, 0) is 51.5 Å². The summed E-state index contributed by atoms with van der Waals surface area (Å²) in [6.07, 6.45) is -0.0620. The fourth-order valence-corrected chi connectivity index (χ4v) is 3.19. The van der Waals surface area contributed by atoms with E-state index in [1.807, 2.05) is 19.2 Å². The maximum atomic E-state index is 12.4. The molecule has 7 heteroatoms. The number of amides is 2. The number of aliphatic hydroxyl groups excluding tert-OH is 1. The van der Waals surface area contributed by atoms with Crippen molar-refractivity contribution in [3.8, 4) is 0 Å². The zero-order chi connectivity index (χ0) is 20.9. The number of anilines is 1. The molecule has 2 rings (SSSR count). The van der Waals surface area contributed by atoms with Gasteiger partial charge in [-0.2, -0.15) is 0 Å². The van der Waals surface area contributed by atoms with Crippen LogP contribution in [0.2, 0.25) is 0 Å². The second-order valence-corrected chi connectivity index (χ2v) is 8.39. The number of aliphatic hydroxyl groups is 1. The molecular formula is C21H33N3O4. The summed E-state index contributed by atoms with van der Waals surface area (Å²) in [5.74, 6) is -0.404. The molecule has 28 heavy (non-hydrogen) atoms. The molecular weight excluding hydrogens is 358 g/mol. The average molecular weight is 392 g/mol. The highest BCUT2D eigenvalue weighted by molar-refractivity contribution is 5.94.